The molecule has 4 rings (SSSR count). The van der Waals surface area contributed by atoms with Crippen LogP contribution >= 0.6 is 11.6 Å². The fraction of sp³-hybridized carbons (Fsp3) is 0.333. The Hall–Kier alpha value is -4.35. The zero-order chi connectivity index (χ0) is 30.2. The highest BCUT2D eigenvalue weighted by molar-refractivity contribution is 6.31. The van der Waals surface area contributed by atoms with Crippen molar-refractivity contribution in [2.75, 3.05) is 13.2 Å². The van der Waals surface area contributed by atoms with Crippen LogP contribution in [-0.4, -0.2) is 70.5 Å². The molecule has 1 saturated heterocycles. The molecular weight excluding hydrogens is 566 g/mol. The molecule has 2 aliphatic rings. The number of hydrogen-bond acceptors (Lipinski definition) is 7. The average Bonchev–Trinajstić information content (AvgIpc) is 3.10. The summed E-state index contributed by atoms with van der Waals surface area (Å²) in [5.41, 5.74) is 0.780. The summed E-state index contributed by atoms with van der Waals surface area (Å²) in [7, 11) is 0. The molecule has 2 atom stereocenters. The minimum absolute atomic E-state index is 0.00385. The Kier molecular flexibility index (Phi) is 10.2. The lowest BCUT2D eigenvalue weighted by Crippen LogP contribution is -2.48. The topological polar surface area (TPSA) is 159 Å². The summed E-state index contributed by atoms with van der Waals surface area (Å²) in [6, 6.07) is 12.6. The van der Waals surface area contributed by atoms with E-state index in [-0.39, 0.29) is 49.6 Å². The number of carbonyl (C=O) groups is 6. The van der Waals surface area contributed by atoms with Crippen molar-refractivity contribution in [2.45, 2.75) is 50.8 Å². The zero-order valence-electron chi connectivity index (χ0n) is 22.6. The van der Waals surface area contributed by atoms with Gasteiger partial charge in [-0.15, -0.1) is 0 Å². The highest BCUT2D eigenvalue weighted by atomic mass is 35.5. The standard InChI is InChI=1S/C30H30ClN3O8/c31-21-11-5-4-9-19(21)16-42-17-24(35)23(15-26(37)38)33-30(41)20-10-6-14-34-25(36)13-12-22(28(39)27(20)34)32-29(40)18-7-2-1-3-8-18/h1-5,7-9,11,22-23H,6,10,12-17H2,(H,32,40)(H,33,41)(H,37,38)/t22-,23?/m0/s1. The van der Waals surface area contributed by atoms with Crippen molar-refractivity contribution in [3.05, 3.63) is 82.0 Å². The molecule has 0 aliphatic carbocycles. The van der Waals surface area contributed by atoms with Crippen LogP contribution in [0.5, 0.6) is 0 Å². The number of carbonyl (C=O) groups excluding carboxylic acids is 5. The van der Waals surface area contributed by atoms with Gasteiger partial charge in [-0.25, -0.2) is 0 Å². The van der Waals surface area contributed by atoms with Crippen molar-refractivity contribution in [2.24, 2.45) is 0 Å². The third kappa shape index (κ3) is 7.48. The minimum Gasteiger partial charge on any atom is -0.481 e. The molecule has 2 aromatic rings. The summed E-state index contributed by atoms with van der Waals surface area (Å²) in [6.07, 6.45) is -0.187. The van der Waals surface area contributed by atoms with Crippen LogP contribution in [0.3, 0.4) is 0 Å². The Morgan fingerprint density at radius 2 is 1.71 bits per heavy atom. The van der Waals surface area contributed by atoms with Gasteiger partial charge in [-0.05, 0) is 43.0 Å². The van der Waals surface area contributed by atoms with Gasteiger partial charge in [-0.3, -0.25) is 28.8 Å². The predicted octanol–water partition coefficient (Wildman–Crippen LogP) is 2.42. The summed E-state index contributed by atoms with van der Waals surface area (Å²) in [5, 5.41) is 14.9. The monoisotopic (exact) mass is 595 g/mol. The number of nitrogens with one attached hydrogen (secondary N) is 2. The van der Waals surface area contributed by atoms with Gasteiger partial charge in [0.1, 0.15) is 12.6 Å². The first-order chi connectivity index (χ1) is 20.2. The van der Waals surface area contributed by atoms with Gasteiger partial charge in [0, 0.05) is 29.1 Å². The number of amides is 3. The van der Waals surface area contributed by atoms with E-state index in [1.165, 1.54) is 4.90 Å². The maximum Gasteiger partial charge on any atom is 0.305 e. The summed E-state index contributed by atoms with van der Waals surface area (Å²) < 4.78 is 5.44. The smallest absolute Gasteiger partial charge is 0.305 e. The number of nitrogens with zero attached hydrogens (tertiary/aromatic N) is 1. The molecule has 0 bridgehead atoms. The predicted molar refractivity (Wildman–Crippen MR) is 150 cm³/mol. The Labute approximate surface area is 246 Å². The number of carboxylic acid groups (broad SMARTS) is 1. The fourth-order valence-corrected chi connectivity index (χ4v) is 5.06. The van der Waals surface area contributed by atoms with Gasteiger partial charge < -0.3 is 25.4 Å². The molecular formula is C30H30ClN3O8. The molecule has 12 heteroatoms. The van der Waals surface area contributed by atoms with Gasteiger partial charge in [0.25, 0.3) is 5.91 Å². The molecule has 3 amide bonds. The molecule has 1 unspecified atom stereocenters. The van der Waals surface area contributed by atoms with Crippen molar-refractivity contribution < 1.29 is 38.6 Å². The number of benzene rings is 2. The number of Topliss-reactive ketones (excluding diaryl/α,β-unsaturated/α-hetero) is 2. The van der Waals surface area contributed by atoms with Gasteiger partial charge in [0.15, 0.2) is 5.78 Å². The Balaban J connectivity index is 1.52. The van der Waals surface area contributed by atoms with E-state index in [4.69, 9.17) is 16.3 Å². The van der Waals surface area contributed by atoms with Gasteiger partial charge >= 0.3 is 5.97 Å². The van der Waals surface area contributed by atoms with Gasteiger partial charge in [0.05, 0.1) is 24.8 Å². The second kappa shape index (κ2) is 14.0. The van der Waals surface area contributed by atoms with Gasteiger partial charge in [-0.1, -0.05) is 48.0 Å². The normalized spacial score (nSPS) is 17.6. The molecule has 0 saturated carbocycles. The Morgan fingerprint density at radius 3 is 2.43 bits per heavy atom. The van der Waals surface area contributed by atoms with E-state index in [0.29, 0.717) is 22.6 Å². The molecule has 3 N–H and O–H groups in total. The van der Waals surface area contributed by atoms with E-state index >= 15 is 0 Å². The lowest BCUT2D eigenvalue weighted by Gasteiger charge is -2.30. The van der Waals surface area contributed by atoms with E-state index < -0.39 is 54.5 Å². The second-order valence-electron chi connectivity index (χ2n) is 9.95. The Morgan fingerprint density at radius 1 is 1.00 bits per heavy atom. The fourth-order valence-electron chi connectivity index (χ4n) is 4.87. The largest absolute Gasteiger partial charge is 0.481 e. The van der Waals surface area contributed by atoms with Crippen LogP contribution in [0.15, 0.2) is 65.9 Å². The van der Waals surface area contributed by atoms with Crippen LogP contribution in [0.25, 0.3) is 0 Å². The van der Waals surface area contributed by atoms with Crippen molar-refractivity contribution in [3.8, 4) is 0 Å². The van der Waals surface area contributed by atoms with E-state index in [9.17, 15) is 33.9 Å². The summed E-state index contributed by atoms with van der Waals surface area (Å²) in [4.78, 5) is 78.5. The molecule has 0 radical (unpaired) electrons. The highest BCUT2D eigenvalue weighted by Gasteiger charge is 2.40. The highest BCUT2D eigenvalue weighted by Crippen LogP contribution is 2.29. The van der Waals surface area contributed by atoms with Crippen LogP contribution in [0.4, 0.5) is 0 Å². The first-order valence-corrected chi connectivity index (χ1v) is 13.8. The molecule has 2 heterocycles. The van der Waals surface area contributed by atoms with Crippen molar-refractivity contribution >= 4 is 46.9 Å². The maximum atomic E-state index is 13.7. The number of ketones is 2. The summed E-state index contributed by atoms with van der Waals surface area (Å²) >= 11 is 6.10. The molecule has 220 valence electrons. The number of ether oxygens (including phenoxy) is 1. The lowest BCUT2D eigenvalue weighted by atomic mass is 9.95. The zero-order valence-corrected chi connectivity index (χ0v) is 23.4. The minimum atomic E-state index is -1.45. The van der Waals surface area contributed by atoms with Crippen LogP contribution in [-0.2, 0) is 35.3 Å². The average molecular weight is 596 g/mol. The lowest BCUT2D eigenvalue weighted by molar-refractivity contribution is -0.141. The Bertz CT molecular complexity index is 1420. The van der Waals surface area contributed by atoms with Crippen LogP contribution in [0.2, 0.25) is 5.02 Å². The molecule has 0 spiro atoms. The van der Waals surface area contributed by atoms with Gasteiger partial charge in [0.2, 0.25) is 17.6 Å². The summed E-state index contributed by atoms with van der Waals surface area (Å²) in [6.45, 7) is -0.286. The van der Waals surface area contributed by atoms with Crippen molar-refractivity contribution in [1.29, 1.82) is 0 Å². The number of rotatable bonds is 11. The van der Waals surface area contributed by atoms with Crippen LogP contribution in [0, 0.1) is 0 Å². The molecule has 2 aromatic carbocycles. The SMILES string of the molecule is O=C(O)CC(NC(=O)C1=C2C(=O)[C@@H](NC(=O)c3ccccc3)CCC(=O)N2CCC1)C(=O)COCc1ccccc1Cl. The third-order valence-corrected chi connectivity index (χ3v) is 7.38. The van der Waals surface area contributed by atoms with Gasteiger partial charge in [-0.2, -0.15) is 0 Å². The third-order valence-electron chi connectivity index (χ3n) is 7.01. The molecule has 0 aromatic heterocycles. The maximum absolute atomic E-state index is 13.7. The summed E-state index contributed by atoms with van der Waals surface area (Å²) in [5.74, 6) is -4.32. The number of halogens is 1. The van der Waals surface area contributed by atoms with E-state index in [0.717, 1.165) is 0 Å². The van der Waals surface area contributed by atoms with Crippen molar-refractivity contribution in [3.63, 3.8) is 0 Å². The van der Waals surface area contributed by atoms with E-state index in [1.807, 2.05) is 0 Å². The quantitative estimate of drug-likeness (QED) is 0.357. The molecule has 11 nitrogen and oxygen atoms in total. The second-order valence-corrected chi connectivity index (χ2v) is 10.4. The molecule has 2 aliphatic heterocycles. The number of hydrogen-bond donors (Lipinski definition) is 3. The molecule has 1 fully saturated rings. The number of aliphatic carboxylic acids is 1. The number of carboxylic acids is 1. The van der Waals surface area contributed by atoms with Crippen LogP contribution < -0.4 is 10.6 Å². The first kappa shape index (κ1) is 30.6. The molecule has 42 heavy (non-hydrogen) atoms. The first-order valence-electron chi connectivity index (χ1n) is 13.5. The van der Waals surface area contributed by atoms with Crippen molar-refractivity contribution in [1.82, 2.24) is 15.5 Å². The van der Waals surface area contributed by atoms with E-state index in [1.54, 1.807) is 54.6 Å². The van der Waals surface area contributed by atoms with E-state index in [2.05, 4.69) is 10.6 Å². The van der Waals surface area contributed by atoms with Crippen LogP contribution in [0.1, 0.15) is 48.0 Å². The number of fused-ring (bicyclic) bond motifs is 1.